The number of allylic oxidation sites excluding steroid dienone is 9. The number of aliphatic hydroxyl groups is 11. The van der Waals surface area contributed by atoms with Crippen molar-refractivity contribution in [3.05, 3.63) is 60.8 Å². The number of carbonyl (C=O) groups is 1. The molecule has 0 spiro atoms. The second-order valence-corrected chi connectivity index (χ2v) is 27.8. The fourth-order valence-electron chi connectivity index (χ4n) is 13.0. The van der Waals surface area contributed by atoms with E-state index in [2.05, 4.69) is 67.8 Å². The molecule has 0 aliphatic carbocycles. The third-order valence-corrected chi connectivity index (χ3v) is 19.3. The second-order valence-electron chi connectivity index (χ2n) is 27.8. The molecule has 0 saturated carbocycles. The fourth-order valence-corrected chi connectivity index (χ4v) is 13.0. The minimum Gasteiger partial charge on any atom is -0.394 e. The van der Waals surface area contributed by atoms with Gasteiger partial charge in [-0.2, -0.15) is 0 Å². The number of hydrogen-bond acceptors (Lipinski definition) is 18. The Morgan fingerprint density at radius 3 is 1.10 bits per heavy atom. The van der Waals surface area contributed by atoms with E-state index in [9.17, 15) is 61.0 Å². The molecule has 3 heterocycles. The van der Waals surface area contributed by atoms with Crippen molar-refractivity contribution in [2.24, 2.45) is 0 Å². The number of aliphatic hydroxyl groups excluding tert-OH is 11. The average Bonchev–Trinajstić information content (AvgIpc) is 0.792. The van der Waals surface area contributed by atoms with Gasteiger partial charge in [-0.1, -0.05) is 280 Å². The smallest absolute Gasteiger partial charge is 0.220 e. The lowest BCUT2D eigenvalue weighted by atomic mass is 9.96. The minimum atomic E-state index is -1.98. The molecule has 3 aliphatic heterocycles. The van der Waals surface area contributed by atoms with Crippen LogP contribution in [0.15, 0.2) is 60.8 Å². The molecule has 12 N–H and O–H groups in total. The van der Waals surface area contributed by atoms with Crippen LogP contribution in [0.25, 0.3) is 0 Å². The highest BCUT2D eigenvalue weighted by Crippen LogP contribution is 2.33. The van der Waals surface area contributed by atoms with Crippen LogP contribution < -0.4 is 5.32 Å². The molecule has 17 atom stereocenters. The monoisotopic (exact) mass is 1380 g/mol. The Balaban J connectivity index is 1.35. The molecule has 3 fully saturated rings. The number of amides is 1. The number of carbonyl (C=O) groups excluding carboxylic acids is 1. The Kier molecular flexibility index (Phi) is 53.9. The number of ether oxygens (including phenoxy) is 6. The van der Waals surface area contributed by atoms with Gasteiger partial charge in [-0.15, -0.1) is 0 Å². The summed E-state index contributed by atoms with van der Waals surface area (Å²) in [5.74, 6) is -0.282. The van der Waals surface area contributed by atoms with Crippen LogP contribution in [0.2, 0.25) is 0 Å². The first-order valence-electron chi connectivity index (χ1n) is 39.0. The molecule has 0 aromatic heterocycles. The molecule has 1 amide bonds. The zero-order valence-electron chi connectivity index (χ0n) is 60.3. The van der Waals surface area contributed by atoms with Crippen molar-refractivity contribution in [3.63, 3.8) is 0 Å². The predicted octanol–water partition coefficient (Wildman–Crippen LogP) is 12.3. The number of unbranched alkanes of at least 4 members (excludes halogenated alkanes) is 37. The third kappa shape index (κ3) is 39.6. The Hall–Kier alpha value is -2.51. The van der Waals surface area contributed by atoms with E-state index in [1.54, 1.807) is 6.08 Å². The molecule has 97 heavy (non-hydrogen) atoms. The molecule has 17 unspecified atom stereocenters. The van der Waals surface area contributed by atoms with Gasteiger partial charge in [-0.05, 0) is 70.6 Å². The topological polar surface area (TPSA) is 307 Å². The summed E-state index contributed by atoms with van der Waals surface area (Å²) in [6, 6.07) is -0.991. The predicted molar refractivity (Wildman–Crippen MR) is 383 cm³/mol. The normalized spacial score (nSPS) is 27.2. The summed E-state index contributed by atoms with van der Waals surface area (Å²) in [6.07, 6.45) is 47.9. The highest BCUT2D eigenvalue weighted by Gasteiger charge is 2.53. The van der Waals surface area contributed by atoms with Gasteiger partial charge in [0.1, 0.15) is 73.2 Å². The molecule has 0 aromatic carbocycles. The van der Waals surface area contributed by atoms with E-state index in [-0.39, 0.29) is 18.9 Å². The first-order chi connectivity index (χ1) is 47.3. The zero-order chi connectivity index (χ0) is 70.4. The molecule has 19 heteroatoms. The summed E-state index contributed by atoms with van der Waals surface area (Å²) in [5, 5.41) is 121. The van der Waals surface area contributed by atoms with Gasteiger partial charge >= 0.3 is 0 Å². The summed E-state index contributed by atoms with van der Waals surface area (Å²) in [4.78, 5) is 13.4. The van der Waals surface area contributed by atoms with E-state index in [1.807, 2.05) is 6.08 Å². The molecule has 0 aromatic rings. The molecule has 0 radical (unpaired) electrons. The number of hydrogen-bond donors (Lipinski definition) is 12. The van der Waals surface area contributed by atoms with Gasteiger partial charge in [0.05, 0.1) is 38.6 Å². The van der Waals surface area contributed by atoms with Crippen LogP contribution >= 0.6 is 0 Å². The van der Waals surface area contributed by atoms with Crippen molar-refractivity contribution >= 4 is 5.91 Å². The lowest BCUT2D eigenvalue weighted by Gasteiger charge is -2.48. The SMILES string of the molecule is CCCCCCC/C=C\C/C=C\C/C=C\CCCCCCCCCCCCCCCCCCCCCCC(=O)NC(COC1OC(CO)C(OC2OC(CO)C(OC3OC(CO)C(O)C(O)C3O)C(O)C2O)C(O)C1O)C(O)/C=C/CC/C=C/CCCCCCCCCCCCC. The molecule has 566 valence electrons. The maximum atomic E-state index is 13.4. The average molecular weight is 1380 g/mol. The molecule has 19 nitrogen and oxygen atoms in total. The summed E-state index contributed by atoms with van der Waals surface area (Å²) in [5.41, 5.74) is 0. The number of rotatable bonds is 61. The van der Waals surface area contributed by atoms with E-state index in [0.29, 0.717) is 12.8 Å². The summed E-state index contributed by atoms with van der Waals surface area (Å²) in [7, 11) is 0. The van der Waals surface area contributed by atoms with Gasteiger partial charge < -0.3 is 89.9 Å². The van der Waals surface area contributed by atoms with Crippen molar-refractivity contribution in [2.45, 2.75) is 401 Å². The van der Waals surface area contributed by atoms with Crippen molar-refractivity contribution < 1.29 is 89.4 Å². The highest BCUT2D eigenvalue weighted by molar-refractivity contribution is 5.76. The van der Waals surface area contributed by atoms with E-state index in [1.165, 1.54) is 212 Å². The van der Waals surface area contributed by atoms with Gasteiger partial charge in [0.25, 0.3) is 0 Å². The summed E-state index contributed by atoms with van der Waals surface area (Å²) in [6.45, 7) is 1.72. The van der Waals surface area contributed by atoms with Crippen molar-refractivity contribution in [1.82, 2.24) is 5.32 Å². The maximum absolute atomic E-state index is 13.4. The van der Waals surface area contributed by atoms with E-state index in [0.717, 1.165) is 51.4 Å². The highest BCUT2D eigenvalue weighted by atomic mass is 16.8. The Morgan fingerprint density at radius 2 is 0.691 bits per heavy atom. The molecule has 3 aliphatic rings. The van der Waals surface area contributed by atoms with Gasteiger partial charge in [0, 0.05) is 6.42 Å². The molecule has 3 saturated heterocycles. The molecular weight excluding hydrogens is 1240 g/mol. The van der Waals surface area contributed by atoms with Gasteiger partial charge in [-0.25, -0.2) is 0 Å². The van der Waals surface area contributed by atoms with Gasteiger partial charge in [0.15, 0.2) is 18.9 Å². The van der Waals surface area contributed by atoms with Crippen LogP contribution in [0.5, 0.6) is 0 Å². The third-order valence-electron chi connectivity index (χ3n) is 19.3. The molecule has 3 rings (SSSR count). The fraction of sp³-hybridized carbons (Fsp3) is 0.859. The van der Waals surface area contributed by atoms with Crippen molar-refractivity contribution in [2.75, 3.05) is 26.4 Å². The Morgan fingerprint density at radius 1 is 0.371 bits per heavy atom. The van der Waals surface area contributed by atoms with Crippen LogP contribution in [-0.4, -0.2) is 193 Å². The van der Waals surface area contributed by atoms with Crippen LogP contribution in [0.3, 0.4) is 0 Å². The number of nitrogens with one attached hydrogen (secondary N) is 1. The molecule has 0 bridgehead atoms. The second kappa shape index (κ2) is 58.9. The quantitative estimate of drug-likeness (QED) is 0.0199. The summed E-state index contributed by atoms with van der Waals surface area (Å²) < 4.78 is 34.4. The van der Waals surface area contributed by atoms with Crippen molar-refractivity contribution in [1.29, 1.82) is 0 Å². The molecular formula is C78H141NO18. The van der Waals surface area contributed by atoms with Gasteiger partial charge in [0.2, 0.25) is 5.91 Å². The Bertz CT molecular complexity index is 1990. The van der Waals surface area contributed by atoms with Crippen LogP contribution in [0.1, 0.15) is 296 Å². The first kappa shape index (κ1) is 88.7. The van der Waals surface area contributed by atoms with Crippen LogP contribution in [-0.2, 0) is 33.2 Å². The standard InChI is InChI=1S/C78H141NO18/c1-3-5-7-9-11-13-15-17-19-21-22-23-24-25-26-27-28-29-30-31-32-33-34-35-36-37-38-40-42-44-46-48-50-52-54-56-66(84)79-61(62(83)55-53-51-49-47-45-43-41-39-20-18-16-14-12-10-8-6-4-2)60-92-76-72(90)69(87)74(64(58-81)94-76)97-78-73(91)70(88)75(65(59-82)95-78)96-77-71(89)68(86)67(85)63(57-80)93-77/h15,17,21-22,24-25,45,47,53,55,61-65,67-78,80-83,85-91H,3-14,16,18-20,23,26-44,46,48-52,54,56-60H2,1-2H3,(H,79,84)/b17-15-,22-21-,25-24-,47-45+,55-53+. The van der Waals surface area contributed by atoms with Crippen LogP contribution in [0, 0.1) is 0 Å². The van der Waals surface area contributed by atoms with E-state index < -0.39 is 124 Å². The van der Waals surface area contributed by atoms with E-state index >= 15 is 0 Å². The lowest BCUT2D eigenvalue weighted by molar-refractivity contribution is -0.379. The van der Waals surface area contributed by atoms with Gasteiger partial charge in [-0.3, -0.25) is 4.79 Å². The van der Waals surface area contributed by atoms with E-state index in [4.69, 9.17) is 28.4 Å². The lowest BCUT2D eigenvalue weighted by Crippen LogP contribution is -2.66. The Labute approximate surface area is 586 Å². The first-order valence-corrected chi connectivity index (χ1v) is 39.0. The zero-order valence-corrected chi connectivity index (χ0v) is 60.3. The van der Waals surface area contributed by atoms with Crippen LogP contribution in [0.4, 0.5) is 0 Å². The largest absolute Gasteiger partial charge is 0.394 e. The summed E-state index contributed by atoms with van der Waals surface area (Å²) >= 11 is 0. The maximum Gasteiger partial charge on any atom is 0.220 e. The minimum absolute atomic E-state index is 0.237. The van der Waals surface area contributed by atoms with Crippen molar-refractivity contribution in [3.8, 4) is 0 Å².